The van der Waals surface area contributed by atoms with Crippen LogP contribution in [0.4, 0.5) is 0 Å². The number of rotatable bonds is 1. The molecule has 2 N–H and O–H groups in total. The second-order valence-corrected chi connectivity index (χ2v) is 4.54. The molecule has 1 aromatic carbocycles. The molecule has 14 heavy (non-hydrogen) atoms. The first-order chi connectivity index (χ1) is 6.62. The fourth-order valence-corrected chi connectivity index (χ4v) is 2.16. The maximum Gasteiger partial charge on any atom is 0.123 e. The van der Waals surface area contributed by atoms with Gasteiger partial charge in [0.15, 0.2) is 0 Å². The second-order valence-electron chi connectivity index (χ2n) is 4.54. The third kappa shape index (κ3) is 1.62. The Labute approximate surface area is 85.1 Å². The van der Waals surface area contributed by atoms with E-state index in [2.05, 4.69) is 19.9 Å². The maximum absolute atomic E-state index is 5.90. The highest BCUT2D eigenvalue weighted by Gasteiger charge is 2.32. The number of para-hydroxylation sites is 1. The molecule has 0 fully saturated rings. The Morgan fingerprint density at radius 3 is 2.86 bits per heavy atom. The summed E-state index contributed by atoms with van der Waals surface area (Å²) in [5, 5.41) is 0. The van der Waals surface area contributed by atoms with Crippen molar-refractivity contribution in [3.63, 3.8) is 0 Å². The summed E-state index contributed by atoms with van der Waals surface area (Å²) in [7, 11) is 0. The smallest absolute Gasteiger partial charge is 0.123 e. The molecule has 2 nitrogen and oxygen atoms in total. The van der Waals surface area contributed by atoms with E-state index in [1.807, 2.05) is 18.2 Å². The Kier molecular flexibility index (Phi) is 2.23. The second kappa shape index (κ2) is 3.28. The lowest BCUT2D eigenvalue weighted by Crippen LogP contribution is -2.36. The van der Waals surface area contributed by atoms with Crippen molar-refractivity contribution in [2.45, 2.75) is 31.8 Å². The average Bonchev–Trinajstić information content (AvgIpc) is 2.15. The number of hydrogen-bond donors (Lipinski definition) is 1. The van der Waals surface area contributed by atoms with E-state index in [-0.39, 0.29) is 5.60 Å². The zero-order valence-corrected chi connectivity index (χ0v) is 8.79. The highest BCUT2D eigenvalue weighted by Crippen LogP contribution is 2.39. The van der Waals surface area contributed by atoms with E-state index in [1.54, 1.807) is 0 Å². The zero-order valence-electron chi connectivity index (χ0n) is 8.79. The summed E-state index contributed by atoms with van der Waals surface area (Å²) in [6, 6.07) is 8.19. The lowest BCUT2D eigenvalue weighted by atomic mass is 9.84. The molecule has 0 bridgehead atoms. The summed E-state index contributed by atoms with van der Waals surface area (Å²) >= 11 is 0. The van der Waals surface area contributed by atoms with Crippen LogP contribution in [-0.2, 0) is 0 Å². The normalized spacial score (nSPS) is 23.8. The Balaban J connectivity index is 2.41. The van der Waals surface area contributed by atoms with Gasteiger partial charge in [0.05, 0.1) is 0 Å². The molecule has 0 unspecified atom stereocenters. The molecule has 0 aromatic heterocycles. The highest BCUT2D eigenvalue weighted by atomic mass is 16.5. The fraction of sp³-hybridized carbons (Fsp3) is 0.500. The SMILES string of the molecule is CC1(C)C[C@H](CN)c2ccccc2O1. The molecule has 1 heterocycles. The van der Waals surface area contributed by atoms with Crippen LogP contribution in [0.15, 0.2) is 24.3 Å². The zero-order chi connectivity index (χ0) is 10.2. The predicted molar refractivity (Wildman–Crippen MR) is 57.6 cm³/mol. The van der Waals surface area contributed by atoms with E-state index < -0.39 is 0 Å². The van der Waals surface area contributed by atoms with Crippen molar-refractivity contribution >= 4 is 0 Å². The van der Waals surface area contributed by atoms with Crippen LogP contribution < -0.4 is 10.5 Å². The maximum atomic E-state index is 5.90. The van der Waals surface area contributed by atoms with Crippen LogP contribution in [0.25, 0.3) is 0 Å². The Hall–Kier alpha value is -1.02. The Morgan fingerprint density at radius 1 is 1.43 bits per heavy atom. The van der Waals surface area contributed by atoms with Gasteiger partial charge in [-0.2, -0.15) is 0 Å². The summed E-state index contributed by atoms with van der Waals surface area (Å²) in [5.74, 6) is 1.44. The molecule has 2 rings (SSSR count). The van der Waals surface area contributed by atoms with E-state index in [9.17, 15) is 0 Å². The summed E-state index contributed by atoms with van der Waals surface area (Å²) in [6.45, 7) is 4.93. The van der Waals surface area contributed by atoms with Crippen molar-refractivity contribution in [2.24, 2.45) is 5.73 Å². The number of nitrogens with two attached hydrogens (primary N) is 1. The van der Waals surface area contributed by atoms with Gasteiger partial charge < -0.3 is 10.5 Å². The Morgan fingerprint density at radius 2 is 2.14 bits per heavy atom. The van der Waals surface area contributed by atoms with Gasteiger partial charge >= 0.3 is 0 Å². The van der Waals surface area contributed by atoms with Crippen LogP contribution in [0.2, 0.25) is 0 Å². The quantitative estimate of drug-likeness (QED) is 0.739. The minimum atomic E-state index is -0.0849. The van der Waals surface area contributed by atoms with E-state index >= 15 is 0 Å². The third-order valence-corrected chi connectivity index (χ3v) is 2.77. The van der Waals surface area contributed by atoms with Gasteiger partial charge in [-0.15, -0.1) is 0 Å². The molecule has 0 amide bonds. The molecular formula is C12H17NO. The van der Waals surface area contributed by atoms with Crippen LogP contribution in [-0.4, -0.2) is 12.1 Å². The standard InChI is InChI=1S/C12H17NO/c1-12(2)7-9(8-13)10-5-3-4-6-11(10)14-12/h3-6,9H,7-8,13H2,1-2H3/t9-/m1/s1. The third-order valence-electron chi connectivity index (χ3n) is 2.77. The highest BCUT2D eigenvalue weighted by molar-refractivity contribution is 5.39. The predicted octanol–water partition coefficient (Wildman–Crippen LogP) is 2.29. The first-order valence-electron chi connectivity index (χ1n) is 5.10. The molecule has 1 atom stereocenters. The van der Waals surface area contributed by atoms with E-state index in [1.165, 1.54) is 5.56 Å². The first-order valence-corrected chi connectivity index (χ1v) is 5.10. The minimum Gasteiger partial charge on any atom is -0.488 e. The van der Waals surface area contributed by atoms with Crippen molar-refractivity contribution in [2.75, 3.05) is 6.54 Å². The number of hydrogen-bond acceptors (Lipinski definition) is 2. The summed E-state index contributed by atoms with van der Waals surface area (Å²) in [6.07, 6.45) is 1.00. The fourth-order valence-electron chi connectivity index (χ4n) is 2.16. The molecule has 1 aliphatic heterocycles. The van der Waals surface area contributed by atoms with E-state index in [0.717, 1.165) is 12.2 Å². The van der Waals surface area contributed by atoms with Gasteiger partial charge in [-0.25, -0.2) is 0 Å². The van der Waals surface area contributed by atoms with Crippen LogP contribution in [0.3, 0.4) is 0 Å². The molecule has 0 spiro atoms. The van der Waals surface area contributed by atoms with Gasteiger partial charge in [-0.3, -0.25) is 0 Å². The van der Waals surface area contributed by atoms with Crippen LogP contribution in [0.1, 0.15) is 31.7 Å². The summed E-state index contributed by atoms with van der Waals surface area (Å²) in [5.41, 5.74) is 6.96. The molecule has 1 aromatic rings. The van der Waals surface area contributed by atoms with Gasteiger partial charge in [0.2, 0.25) is 0 Å². The number of fused-ring (bicyclic) bond motifs is 1. The van der Waals surface area contributed by atoms with Crippen LogP contribution in [0, 0.1) is 0 Å². The molecule has 1 aliphatic rings. The monoisotopic (exact) mass is 191 g/mol. The number of ether oxygens (including phenoxy) is 1. The molecular weight excluding hydrogens is 174 g/mol. The van der Waals surface area contributed by atoms with Gasteiger partial charge in [0.1, 0.15) is 11.4 Å². The molecule has 2 heteroatoms. The van der Waals surface area contributed by atoms with Gasteiger partial charge in [0, 0.05) is 5.92 Å². The van der Waals surface area contributed by atoms with Gasteiger partial charge in [0.25, 0.3) is 0 Å². The summed E-state index contributed by atoms with van der Waals surface area (Å²) in [4.78, 5) is 0. The van der Waals surface area contributed by atoms with Crippen LogP contribution >= 0.6 is 0 Å². The van der Waals surface area contributed by atoms with E-state index in [4.69, 9.17) is 10.5 Å². The molecule has 76 valence electrons. The van der Waals surface area contributed by atoms with Gasteiger partial charge in [-0.1, -0.05) is 18.2 Å². The van der Waals surface area contributed by atoms with Crippen molar-refractivity contribution in [3.8, 4) is 5.75 Å². The topological polar surface area (TPSA) is 35.2 Å². The average molecular weight is 191 g/mol. The number of benzene rings is 1. The van der Waals surface area contributed by atoms with Gasteiger partial charge in [-0.05, 0) is 38.4 Å². The Bertz CT molecular complexity index is 333. The largest absolute Gasteiger partial charge is 0.488 e. The van der Waals surface area contributed by atoms with Crippen molar-refractivity contribution < 1.29 is 4.74 Å². The minimum absolute atomic E-state index is 0.0849. The molecule has 0 saturated heterocycles. The first kappa shape index (κ1) is 9.53. The van der Waals surface area contributed by atoms with Crippen LogP contribution in [0.5, 0.6) is 5.75 Å². The lowest BCUT2D eigenvalue weighted by Gasteiger charge is -2.37. The van der Waals surface area contributed by atoms with Crippen molar-refractivity contribution in [3.05, 3.63) is 29.8 Å². The lowest BCUT2D eigenvalue weighted by molar-refractivity contribution is 0.0731. The van der Waals surface area contributed by atoms with Crippen molar-refractivity contribution in [1.29, 1.82) is 0 Å². The molecule has 0 radical (unpaired) electrons. The summed E-state index contributed by atoms with van der Waals surface area (Å²) < 4.78 is 5.90. The molecule has 0 saturated carbocycles. The molecule has 0 aliphatic carbocycles. The van der Waals surface area contributed by atoms with Crippen molar-refractivity contribution in [1.82, 2.24) is 0 Å². The van der Waals surface area contributed by atoms with E-state index in [0.29, 0.717) is 12.5 Å².